The molecule has 3 amide bonds. The number of benzene rings is 2. The van der Waals surface area contributed by atoms with E-state index in [4.69, 9.17) is 5.73 Å². The summed E-state index contributed by atoms with van der Waals surface area (Å²) in [4.78, 5) is 45.2. The standard InChI is InChI=1S/C25H20N4O3/c26-24(32)28-8-7-16-17-10-19(27-18(17)5-6-20(16)28)23(31)29-12-14-11-25(14)21(29)9-13-3-1-2-4-15(13)22(25)30/h1-6,9-10,14,27H,7-8,11-12H2,(H2,26,32)/t14-,25+/m1/s1. The van der Waals surface area contributed by atoms with Crippen LogP contribution in [0.1, 0.15) is 38.4 Å². The summed E-state index contributed by atoms with van der Waals surface area (Å²) in [6, 6.07) is 12.8. The van der Waals surface area contributed by atoms with Crippen molar-refractivity contribution < 1.29 is 14.4 Å². The predicted molar refractivity (Wildman–Crippen MR) is 119 cm³/mol. The Morgan fingerprint density at radius 3 is 2.81 bits per heavy atom. The maximum absolute atomic E-state index is 13.6. The first-order chi connectivity index (χ1) is 15.5. The molecule has 3 aromatic rings. The number of fused-ring (bicyclic) bond motifs is 4. The average molecular weight is 424 g/mol. The highest BCUT2D eigenvalue weighted by Gasteiger charge is 2.69. The Balaban J connectivity index is 1.30. The molecule has 0 bridgehead atoms. The molecule has 158 valence electrons. The van der Waals surface area contributed by atoms with E-state index >= 15 is 0 Å². The molecule has 0 radical (unpaired) electrons. The number of carbonyl (C=O) groups is 3. The number of amides is 3. The van der Waals surface area contributed by atoms with E-state index in [1.807, 2.05) is 48.5 Å². The Labute approximate surface area is 183 Å². The largest absolute Gasteiger partial charge is 0.351 e. The van der Waals surface area contributed by atoms with Crippen LogP contribution >= 0.6 is 0 Å². The molecule has 1 aromatic heterocycles. The number of piperidine rings is 1. The van der Waals surface area contributed by atoms with Crippen LogP contribution < -0.4 is 10.6 Å². The summed E-state index contributed by atoms with van der Waals surface area (Å²) >= 11 is 0. The number of urea groups is 1. The molecule has 1 saturated carbocycles. The van der Waals surface area contributed by atoms with Crippen LogP contribution in [-0.2, 0) is 6.42 Å². The summed E-state index contributed by atoms with van der Waals surface area (Å²) in [6.45, 7) is 1.11. The Morgan fingerprint density at radius 1 is 1.12 bits per heavy atom. The minimum atomic E-state index is -0.529. The van der Waals surface area contributed by atoms with Gasteiger partial charge in [-0.15, -0.1) is 0 Å². The number of nitrogens with one attached hydrogen (secondary N) is 1. The molecular formula is C25H20N4O3. The van der Waals surface area contributed by atoms with Gasteiger partial charge in [0.25, 0.3) is 5.91 Å². The van der Waals surface area contributed by atoms with Crippen LogP contribution in [0.2, 0.25) is 0 Å². The van der Waals surface area contributed by atoms with Crippen LogP contribution in [-0.4, -0.2) is 40.7 Å². The third-order valence-electron chi connectivity index (χ3n) is 7.67. The second-order valence-corrected chi connectivity index (χ2v) is 9.18. The lowest BCUT2D eigenvalue weighted by Gasteiger charge is -2.28. The Kier molecular flexibility index (Phi) is 3.15. The van der Waals surface area contributed by atoms with E-state index in [9.17, 15) is 14.4 Å². The van der Waals surface area contributed by atoms with Gasteiger partial charge in [0.2, 0.25) is 0 Å². The normalized spacial score (nSPS) is 24.7. The highest BCUT2D eigenvalue weighted by atomic mass is 16.2. The molecule has 2 aromatic carbocycles. The highest BCUT2D eigenvalue weighted by molar-refractivity contribution is 6.12. The fraction of sp³-hybridized carbons (Fsp3) is 0.240. The Bertz CT molecular complexity index is 1430. The lowest BCUT2D eigenvalue weighted by Crippen LogP contribution is -2.34. The summed E-state index contributed by atoms with van der Waals surface area (Å²) in [5.41, 5.74) is 10.6. The number of likely N-dealkylation sites (tertiary alicyclic amines) is 1. The fourth-order valence-electron chi connectivity index (χ4n) is 6.04. The van der Waals surface area contributed by atoms with Gasteiger partial charge in [-0.05, 0) is 54.2 Å². The summed E-state index contributed by atoms with van der Waals surface area (Å²) < 4.78 is 0. The van der Waals surface area contributed by atoms with Crippen molar-refractivity contribution in [2.24, 2.45) is 17.1 Å². The van der Waals surface area contributed by atoms with Gasteiger partial charge in [-0.3, -0.25) is 14.5 Å². The van der Waals surface area contributed by atoms with Gasteiger partial charge in [0.05, 0.1) is 5.41 Å². The third kappa shape index (κ3) is 2.03. The van der Waals surface area contributed by atoms with Crippen LogP contribution in [0.25, 0.3) is 17.0 Å². The molecule has 7 nitrogen and oxygen atoms in total. The summed E-state index contributed by atoms with van der Waals surface area (Å²) in [6.07, 6.45) is 3.54. The number of anilines is 1. The SMILES string of the molecule is NC(=O)N1CCc2c1ccc1[nH]c(C(=O)N3C[C@H]4C[C@]45C(=O)c4ccccc4C=C35)cc21. The van der Waals surface area contributed by atoms with Crippen molar-refractivity contribution in [3.63, 3.8) is 0 Å². The van der Waals surface area contributed by atoms with Crippen molar-refractivity contribution in [2.75, 3.05) is 18.0 Å². The molecule has 32 heavy (non-hydrogen) atoms. The van der Waals surface area contributed by atoms with Gasteiger partial charge in [0.15, 0.2) is 5.78 Å². The first-order valence-electron chi connectivity index (χ1n) is 10.9. The van der Waals surface area contributed by atoms with E-state index in [0.717, 1.165) is 45.4 Å². The molecule has 2 aliphatic heterocycles. The lowest BCUT2D eigenvalue weighted by molar-refractivity contribution is 0.0799. The number of ketones is 1. The molecule has 1 spiro atoms. The molecule has 2 fully saturated rings. The van der Waals surface area contributed by atoms with Crippen LogP contribution in [0, 0.1) is 11.3 Å². The number of rotatable bonds is 1. The van der Waals surface area contributed by atoms with Gasteiger partial charge in [0, 0.05) is 40.9 Å². The summed E-state index contributed by atoms with van der Waals surface area (Å²) in [5.74, 6) is 0.216. The van der Waals surface area contributed by atoms with Crippen LogP contribution in [0.5, 0.6) is 0 Å². The fourth-order valence-corrected chi connectivity index (χ4v) is 6.04. The van der Waals surface area contributed by atoms with Gasteiger partial charge in [-0.2, -0.15) is 0 Å². The summed E-state index contributed by atoms with van der Waals surface area (Å²) in [7, 11) is 0. The van der Waals surface area contributed by atoms with Crippen LogP contribution in [0.15, 0.2) is 48.2 Å². The molecule has 0 unspecified atom stereocenters. The van der Waals surface area contributed by atoms with E-state index in [1.54, 1.807) is 9.80 Å². The number of hydrogen-bond donors (Lipinski definition) is 2. The van der Waals surface area contributed by atoms with Crippen molar-refractivity contribution in [3.8, 4) is 0 Å². The highest BCUT2D eigenvalue weighted by Crippen LogP contribution is 2.67. The van der Waals surface area contributed by atoms with Gasteiger partial charge < -0.3 is 15.6 Å². The molecule has 3 heterocycles. The number of allylic oxidation sites excluding steroid dienone is 1. The average Bonchev–Trinajstić information content (AvgIpc) is 3.13. The van der Waals surface area contributed by atoms with E-state index in [-0.39, 0.29) is 17.6 Å². The van der Waals surface area contributed by atoms with Crippen molar-refractivity contribution in [2.45, 2.75) is 12.8 Å². The smallest absolute Gasteiger partial charge is 0.319 e. The van der Waals surface area contributed by atoms with E-state index in [2.05, 4.69) is 4.98 Å². The zero-order valence-electron chi connectivity index (χ0n) is 17.2. The molecule has 3 N–H and O–H groups in total. The van der Waals surface area contributed by atoms with Gasteiger partial charge >= 0.3 is 6.03 Å². The summed E-state index contributed by atoms with van der Waals surface area (Å²) in [5, 5.41) is 0.938. The van der Waals surface area contributed by atoms with E-state index in [0.29, 0.717) is 25.2 Å². The molecule has 7 rings (SSSR count). The number of hydrogen-bond acceptors (Lipinski definition) is 3. The topological polar surface area (TPSA) is 99.5 Å². The number of carbonyl (C=O) groups excluding carboxylic acids is 3. The van der Waals surface area contributed by atoms with Crippen LogP contribution in [0.3, 0.4) is 0 Å². The van der Waals surface area contributed by atoms with E-state index in [1.165, 1.54) is 0 Å². The number of aromatic amines is 1. The second-order valence-electron chi connectivity index (χ2n) is 9.18. The minimum absolute atomic E-state index is 0.121. The van der Waals surface area contributed by atoms with Gasteiger partial charge in [0.1, 0.15) is 5.69 Å². The van der Waals surface area contributed by atoms with Crippen molar-refractivity contribution in [3.05, 3.63) is 70.5 Å². The predicted octanol–water partition coefficient (Wildman–Crippen LogP) is 3.31. The molecule has 7 heteroatoms. The van der Waals surface area contributed by atoms with Gasteiger partial charge in [-0.1, -0.05) is 24.3 Å². The third-order valence-corrected chi connectivity index (χ3v) is 7.67. The van der Waals surface area contributed by atoms with Crippen LogP contribution in [0.4, 0.5) is 10.5 Å². The first-order valence-corrected chi connectivity index (χ1v) is 10.9. The number of H-pyrrole nitrogens is 1. The minimum Gasteiger partial charge on any atom is -0.351 e. The molecule has 2 aliphatic carbocycles. The second kappa shape index (κ2) is 5.68. The first kappa shape index (κ1) is 17.8. The van der Waals surface area contributed by atoms with Gasteiger partial charge in [-0.25, -0.2) is 4.79 Å². The zero-order chi connectivity index (χ0) is 21.8. The van der Waals surface area contributed by atoms with Crippen molar-refractivity contribution in [1.82, 2.24) is 9.88 Å². The number of nitrogens with two attached hydrogens (primary N) is 1. The molecule has 1 saturated heterocycles. The van der Waals surface area contributed by atoms with Crippen molar-refractivity contribution >= 4 is 40.4 Å². The zero-order valence-corrected chi connectivity index (χ0v) is 17.2. The number of aromatic nitrogens is 1. The lowest BCUT2D eigenvalue weighted by atomic mass is 9.83. The number of primary amides is 1. The van der Waals surface area contributed by atoms with Crippen molar-refractivity contribution in [1.29, 1.82) is 0 Å². The number of nitrogens with zero attached hydrogens (tertiary/aromatic N) is 2. The maximum Gasteiger partial charge on any atom is 0.319 e. The maximum atomic E-state index is 13.6. The van der Waals surface area contributed by atoms with E-state index < -0.39 is 11.4 Å². The molecular weight excluding hydrogens is 404 g/mol. The number of Topliss-reactive ketones (excluding diaryl/α,β-unsaturated/α-hetero) is 1. The monoisotopic (exact) mass is 424 g/mol. The Morgan fingerprint density at radius 2 is 1.97 bits per heavy atom. The molecule has 2 atom stereocenters. The quantitative estimate of drug-likeness (QED) is 0.627. The molecule has 4 aliphatic rings. The Hall–Kier alpha value is -3.87.